The van der Waals surface area contributed by atoms with Crippen molar-refractivity contribution in [2.75, 3.05) is 0 Å². The van der Waals surface area contributed by atoms with Crippen molar-refractivity contribution in [3.63, 3.8) is 0 Å². The Morgan fingerprint density at radius 3 is 2.12 bits per heavy atom. The summed E-state index contributed by atoms with van der Waals surface area (Å²) in [4.78, 5) is 0. The molecule has 1 fully saturated rings. The van der Waals surface area contributed by atoms with Crippen molar-refractivity contribution in [2.45, 2.75) is 38.9 Å². The van der Waals surface area contributed by atoms with Gasteiger partial charge in [-0.2, -0.15) is 0 Å². The molecule has 0 aliphatic carbocycles. The van der Waals surface area contributed by atoms with Crippen LogP contribution in [0.1, 0.15) is 27.7 Å². The summed E-state index contributed by atoms with van der Waals surface area (Å²) in [7, 11) is -0.215. The summed E-state index contributed by atoms with van der Waals surface area (Å²) in [5.41, 5.74) is 0.648. The van der Waals surface area contributed by atoms with Crippen LogP contribution in [0.25, 0.3) is 0 Å². The third kappa shape index (κ3) is 2.08. The molecule has 16 heavy (non-hydrogen) atoms. The molecule has 4 heteroatoms. The summed E-state index contributed by atoms with van der Waals surface area (Å²) >= 11 is 0.701. The van der Waals surface area contributed by atoms with Crippen molar-refractivity contribution in [2.24, 2.45) is 0 Å². The Labute approximate surface area is 106 Å². The van der Waals surface area contributed by atoms with Crippen LogP contribution in [0.15, 0.2) is 24.3 Å². The molecule has 0 N–H and O–H groups in total. The van der Waals surface area contributed by atoms with E-state index >= 15 is 0 Å². The zero-order valence-corrected chi connectivity index (χ0v) is 14.9. The average molecular weight is 279 g/mol. The van der Waals surface area contributed by atoms with Gasteiger partial charge in [0, 0.05) is 0 Å². The molecule has 0 unspecified atom stereocenters. The van der Waals surface area contributed by atoms with Crippen molar-refractivity contribution in [1.29, 1.82) is 0 Å². The van der Waals surface area contributed by atoms with Gasteiger partial charge in [-0.3, -0.25) is 0 Å². The normalized spacial score (nSPS) is 22.6. The van der Waals surface area contributed by atoms with Crippen molar-refractivity contribution >= 4 is 33.5 Å². The Bertz CT molecular complexity index is 388. The summed E-state index contributed by atoms with van der Waals surface area (Å²) in [5.74, 6) is 0. The fourth-order valence-corrected chi connectivity index (χ4v) is 2.90. The van der Waals surface area contributed by atoms with Crippen LogP contribution in [0.5, 0.6) is 0 Å². The van der Waals surface area contributed by atoms with Crippen molar-refractivity contribution in [1.82, 2.24) is 0 Å². The van der Waals surface area contributed by atoms with Gasteiger partial charge in [-0.1, -0.05) is 0 Å². The SMILES string of the molecule is CC1(C)OB(c2ccc[c]([GeH3])c2)OC1(C)C. The molecule has 2 nitrogen and oxygen atoms in total. The van der Waals surface area contributed by atoms with E-state index in [0.717, 1.165) is 5.46 Å². The first kappa shape index (κ1) is 12.2. The molecular formula is C12H19BGeO2. The molecule has 0 aromatic heterocycles. The molecule has 0 atom stereocenters. The predicted molar refractivity (Wildman–Crippen MR) is 71.7 cm³/mol. The van der Waals surface area contributed by atoms with Crippen LogP contribution in [0.3, 0.4) is 0 Å². The molecule has 1 heterocycles. The molecule has 0 bridgehead atoms. The van der Waals surface area contributed by atoms with E-state index in [1.807, 2.05) is 0 Å². The Balaban J connectivity index is 2.27. The number of hydrogen-bond donors (Lipinski definition) is 0. The van der Waals surface area contributed by atoms with Gasteiger partial charge in [-0.05, 0) is 0 Å². The molecular weight excluding hydrogens is 260 g/mol. The second-order valence-corrected chi connectivity index (χ2v) is 7.93. The van der Waals surface area contributed by atoms with Crippen LogP contribution in [0.4, 0.5) is 0 Å². The minimum absolute atomic E-state index is 0.215. The van der Waals surface area contributed by atoms with Crippen LogP contribution in [0, 0.1) is 0 Å². The Morgan fingerprint density at radius 2 is 1.62 bits per heavy atom. The van der Waals surface area contributed by atoms with Crippen LogP contribution in [-0.2, 0) is 9.31 Å². The van der Waals surface area contributed by atoms with Gasteiger partial charge in [0.1, 0.15) is 0 Å². The molecule has 1 saturated heterocycles. The van der Waals surface area contributed by atoms with E-state index in [-0.39, 0.29) is 18.3 Å². The fourth-order valence-electron chi connectivity index (χ4n) is 1.80. The quantitative estimate of drug-likeness (QED) is 0.672. The first-order chi connectivity index (χ1) is 7.32. The molecule has 0 amide bonds. The Kier molecular flexibility index (Phi) is 2.97. The van der Waals surface area contributed by atoms with Crippen LogP contribution >= 0.6 is 0 Å². The van der Waals surface area contributed by atoms with E-state index in [1.54, 1.807) is 0 Å². The molecule has 86 valence electrons. The molecule has 2 rings (SSSR count). The summed E-state index contributed by atoms with van der Waals surface area (Å²) < 4.78 is 13.4. The Morgan fingerprint density at radius 1 is 1.06 bits per heavy atom. The van der Waals surface area contributed by atoms with E-state index in [2.05, 4.69) is 52.0 Å². The van der Waals surface area contributed by atoms with Gasteiger partial charge in [0.05, 0.1) is 0 Å². The zero-order valence-electron chi connectivity index (χ0n) is 10.7. The number of hydrogen-bond acceptors (Lipinski definition) is 2. The monoisotopic (exact) mass is 280 g/mol. The third-order valence-electron chi connectivity index (χ3n) is 3.57. The maximum absolute atomic E-state index is 6.00. The van der Waals surface area contributed by atoms with E-state index < -0.39 is 0 Å². The molecule has 0 saturated carbocycles. The second kappa shape index (κ2) is 3.90. The molecule has 1 aromatic rings. The van der Waals surface area contributed by atoms with E-state index in [4.69, 9.17) is 9.31 Å². The molecule has 1 aromatic carbocycles. The molecule has 1 aliphatic heterocycles. The fraction of sp³-hybridized carbons (Fsp3) is 0.500. The Hall–Kier alpha value is -0.252. The van der Waals surface area contributed by atoms with Gasteiger partial charge < -0.3 is 0 Å². The van der Waals surface area contributed by atoms with Crippen LogP contribution in [0.2, 0.25) is 0 Å². The van der Waals surface area contributed by atoms with Gasteiger partial charge >= 0.3 is 106 Å². The summed E-state index contributed by atoms with van der Waals surface area (Å²) in [6, 6.07) is 8.52. The molecule has 1 aliphatic rings. The first-order valence-corrected chi connectivity index (χ1v) is 7.84. The third-order valence-corrected chi connectivity index (χ3v) is 4.87. The summed E-state index contributed by atoms with van der Waals surface area (Å²) in [6.07, 6.45) is 0. The van der Waals surface area contributed by atoms with Gasteiger partial charge in [-0.25, -0.2) is 0 Å². The van der Waals surface area contributed by atoms with Gasteiger partial charge in [-0.15, -0.1) is 0 Å². The molecule has 0 radical (unpaired) electrons. The van der Waals surface area contributed by atoms with E-state index in [1.165, 1.54) is 4.40 Å². The van der Waals surface area contributed by atoms with Crippen LogP contribution in [-0.4, -0.2) is 34.8 Å². The van der Waals surface area contributed by atoms with Crippen LogP contribution < -0.4 is 9.86 Å². The van der Waals surface area contributed by atoms with Crippen molar-refractivity contribution in [3.8, 4) is 0 Å². The predicted octanol–water partition coefficient (Wildman–Crippen LogP) is -0.0235. The van der Waals surface area contributed by atoms with Crippen molar-refractivity contribution < 1.29 is 9.31 Å². The summed E-state index contributed by atoms with van der Waals surface area (Å²) in [6.45, 7) is 8.34. The summed E-state index contributed by atoms with van der Waals surface area (Å²) in [5, 5.41) is 0. The van der Waals surface area contributed by atoms with Gasteiger partial charge in [0.2, 0.25) is 0 Å². The minimum atomic E-state index is -0.247. The standard InChI is InChI=1S/C12H19BGeO2/c1-11(2)12(3,4)16-13(15-11)9-6-5-7-10(14)8-9/h5-8H,1-4,14H3. The van der Waals surface area contributed by atoms with E-state index in [0.29, 0.717) is 16.5 Å². The first-order valence-electron chi connectivity index (χ1n) is 5.74. The number of rotatable bonds is 1. The van der Waals surface area contributed by atoms with E-state index in [9.17, 15) is 0 Å². The molecule has 0 spiro atoms. The second-order valence-electron chi connectivity index (χ2n) is 5.50. The van der Waals surface area contributed by atoms with Gasteiger partial charge in [0.15, 0.2) is 0 Å². The van der Waals surface area contributed by atoms with Gasteiger partial charge in [0.25, 0.3) is 0 Å². The van der Waals surface area contributed by atoms with Crippen molar-refractivity contribution in [3.05, 3.63) is 24.3 Å². The topological polar surface area (TPSA) is 18.5 Å². The number of benzene rings is 1. The zero-order chi connectivity index (χ0) is 12.0. The maximum atomic E-state index is 6.00. The average Bonchev–Trinajstić information content (AvgIpc) is 2.36.